The summed E-state index contributed by atoms with van der Waals surface area (Å²) in [4.78, 5) is 12.3. The molecule has 1 aliphatic heterocycles. The van der Waals surface area contributed by atoms with E-state index < -0.39 is 31.1 Å². The summed E-state index contributed by atoms with van der Waals surface area (Å²) in [6, 6.07) is 0. The van der Waals surface area contributed by atoms with Crippen molar-refractivity contribution in [1.29, 1.82) is 0 Å². The van der Waals surface area contributed by atoms with Crippen LogP contribution in [0.25, 0.3) is 11.2 Å². The highest BCUT2D eigenvalue weighted by atomic mass is 127. The number of hydrogen-bond acceptors (Lipinski definition) is 7. The molecule has 0 aromatic carbocycles. The van der Waals surface area contributed by atoms with Gasteiger partial charge in [0.1, 0.15) is 23.8 Å². The average Bonchev–Trinajstić information content (AvgIpc) is 2.93. The van der Waals surface area contributed by atoms with Gasteiger partial charge in [-0.1, -0.05) is 11.6 Å². The second kappa shape index (κ2) is 5.31. The SMILES string of the molecule is OCC1OC(n2cnc3c(Cl)nc(I)nc32)C(O)C1O. The van der Waals surface area contributed by atoms with E-state index in [1.54, 1.807) is 0 Å². The maximum atomic E-state index is 10.0. The van der Waals surface area contributed by atoms with Crippen molar-refractivity contribution in [3.05, 3.63) is 15.3 Å². The third kappa shape index (κ3) is 2.18. The highest BCUT2D eigenvalue weighted by molar-refractivity contribution is 14.1. The van der Waals surface area contributed by atoms with Gasteiger partial charge in [0.15, 0.2) is 20.9 Å². The van der Waals surface area contributed by atoms with E-state index in [1.165, 1.54) is 10.9 Å². The Morgan fingerprint density at radius 1 is 1.35 bits per heavy atom. The fourth-order valence-corrected chi connectivity index (χ4v) is 2.98. The molecule has 0 amide bonds. The zero-order valence-corrected chi connectivity index (χ0v) is 12.8. The maximum absolute atomic E-state index is 10.0. The standard InChI is InChI=1S/C10H10ClIN4O4/c11-7-4-8(15-10(12)14-7)16(2-13-4)9-6(19)5(18)3(1-17)20-9/h2-3,5-6,9,17-19H,1H2. The predicted octanol–water partition coefficient (Wildman–Crippen LogP) is -0.304. The van der Waals surface area contributed by atoms with Crippen molar-refractivity contribution in [2.75, 3.05) is 6.61 Å². The molecule has 0 aliphatic carbocycles. The Hall–Kier alpha value is -0.590. The number of aliphatic hydroxyl groups excluding tert-OH is 3. The number of ether oxygens (including phenoxy) is 1. The van der Waals surface area contributed by atoms with Crippen LogP contribution in [0.2, 0.25) is 5.15 Å². The first-order valence-corrected chi connectivity index (χ1v) is 7.16. The summed E-state index contributed by atoms with van der Waals surface area (Å²) in [5.74, 6) is 0. The Labute approximate surface area is 131 Å². The van der Waals surface area contributed by atoms with Gasteiger partial charge >= 0.3 is 0 Å². The summed E-state index contributed by atoms with van der Waals surface area (Å²) in [7, 11) is 0. The molecule has 108 valence electrons. The van der Waals surface area contributed by atoms with Crippen LogP contribution in [-0.2, 0) is 4.74 Å². The molecule has 3 N–H and O–H groups in total. The van der Waals surface area contributed by atoms with E-state index >= 15 is 0 Å². The zero-order chi connectivity index (χ0) is 14.4. The van der Waals surface area contributed by atoms with Crippen LogP contribution in [0.1, 0.15) is 6.23 Å². The van der Waals surface area contributed by atoms with Crippen molar-refractivity contribution in [3.63, 3.8) is 0 Å². The molecule has 10 heteroatoms. The number of nitrogens with zero attached hydrogens (tertiary/aromatic N) is 4. The van der Waals surface area contributed by atoms with Gasteiger partial charge in [-0.2, -0.15) is 0 Å². The molecule has 4 unspecified atom stereocenters. The lowest BCUT2D eigenvalue weighted by Gasteiger charge is -2.16. The second-order valence-corrected chi connectivity index (χ2v) is 5.66. The topological polar surface area (TPSA) is 114 Å². The van der Waals surface area contributed by atoms with Gasteiger partial charge in [-0.25, -0.2) is 15.0 Å². The minimum Gasteiger partial charge on any atom is -0.394 e. The van der Waals surface area contributed by atoms with Crippen LogP contribution in [0.5, 0.6) is 0 Å². The monoisotopic (exact) mass is 412 g/mol. The van der Waals surface area contributed by atoms with Gasteiger partial charge < -0.3 is 20.1 Å². The van der Waals surface area contributed by atoms with Crippen LogP contribution < -0.4 is 0 Å². The lowest BCUT2D eigenvalue weighted by molar-refractivity contribution is -0.0511. The van der Waals surface area contributed by atoms with Gasteiger partial charge in [-0.05, 0) is 0 Å². The Morgan fingerprint density at radius 3 is 2.75 bits per heavy atom. The van der Waals surface area contributed by atoms with Gasteiger partial charge in [-0.3, -0.25) is 4.57 Å². The molecule has 1 saturated heterocycles. The smallest absolute Gasteiger partial charge is 0.194 e. The fraction of sp³-hybridized carbons (Fsp3) is 0.500. The molecule has 20 heavy (non-hydrogen) atoms. The summed E-state index contributed by atoms with van der Waals surface area (Å²) in [6.45, 7) is -0.394. The fourth-order valence-electron chi connectivity index (χ4n) is 2.15. The van der Waals surface area contributed by atoms with Gasteiger partial charge in [0.2, 0.25) is 0 Å². The molecule has 8 nitrogen and oxygen atoms in total. The van der Waals surface area contributed by atoms with Crippen molar-refractivity contribution in [2.24, 2.45) is 0 Å². The molecule has 0 spiro atoms. The Kier molecular flexibility index (Phi) is 3.81. The Bertz CT molecular complexity index is 653. The molecule has 3 heterocycles. The van der Waals surface area contributed by atoms with Crippen LogP contribution >= 0.6 is 34.2 Å². The van der Waals surface area contributed by atoms with E-state index in [0.717, 1.165) is 0 Å². The van der Waals surface area contributed by atoms with E-state index in [4.69, 9.17) is 21.4 Å². The second-order valence-electron chi connectivity index (χ2n) is 4.34. The number of aromatic nitrogens is 4. The molecule has 1 aliphatic rings. The third-order valence-corrected chi connectivity index (χ3v) is 3.89. The van der Waals surface area contributed by atoms with E-state index in [-0.39, 0.29) is 5.15 Å². The summed E-state index contributed by atoms with van der Waals surface area (Å²) in [5, 5.41) is 29.1. The molecule has 2 aromatic rings. The van der Waals surface area contributed by atoms with Crippen LogP contribution in [0.4, 0.5) is 0 Å². The predicted molar refractivity (Wildman–Crippen MR) is 76.1 cm³/mol. The summed E-state index contributed by atoms with van der Waals surface area (Å²) >= 11 is 7.89. The van der Waals surface area contributed by atoms with Crippen molar-refractivity contribution in [3.8, 4) is 0 Å². The Morgan fingerprint density at radius 2 is 2.10 bits per heavy atom. The highest BCUT2D eigenvalue weighted by Gasteiger charge is 2.44. The molecular formula is C10H10ClIN4O4. The number of halogens is 2. The normalized spacial score (nSPS) is 30.2. The first-order chi connectivity index (χ1) is 9.52. The molecule has 3 rings (SSSR count). The molecule has 0 bridgehead atoms. The Balaban J connectivity index is 2.07. The summed E-state index contributed by atoms with van der Waals surface area (Å²) < 4.78 is 7.33. The van der Waals surface area contributed by atoms with Gasteiger partial charge in [0.25, 0.3) is 0 Å². The lowest BCUT2D eigenvalue weighted by Crippen LogP contribution is -2.33. The molecule has 1 fully saturated rings. The molecule has 0 radical (unpaired) electrons. The quantitative estimate of drug-likeness (QED) is 0.352. The van der Waals surface area contributed by atoms with Gasteiger partial charge in [0, 0.05) is 22.6 Å². The minimum atomic E-state index is -1.20. The minimum absolute atomic E-state index is 0.199. The zero-order valence-electron chi connectivity index (χ0n) is 9.89. The van der Waals surface area contributed by atoms with Crippen LogP contribution in [0.15, 0.2) is 6.33 Å². The van der Waals surface area contributed by atoms with Crippen LogP contribution in [0, 0.1) is 3.83 Å². The van der Waals surface area contributed by atoms with Crippen LogP contribution in [-0.4, -0.2) is 59.8 Å². The van der Waals surface area contributed by atoms with E-state index in [2.05, 4.69) is 15.0 Å². The lowest BCUT2D eigenvalue weighted by atomic mass is 10.1. The average molecular weight is 413 g/mol. The summed E-state index contributed by atoms with van der Waals surface area (Å²) in [6.07, 6.45) is -2.73. The first-order valence-electron chi connectivity index (χ1n) is 5.71. The maximum Gasteiger partial charge on any atom is 0.194 e. The van der Waals surface area contributed by atoms with E-state index in [9.17, 15) is 10.2 Å². The number of fused-ring (bicyclic) bond motifs is 1. The molecule has 4 atom stereocenters. The molecule has 2 aromatic heterocycles. The van der Waals surface area contributed by atoms with Gasteiger partial charge in [-0.15, -0.1) is 0 Å². The highest BCUT2D eigenvalue weighted by Crippen LogP contribution is 2.32. The van der Waals surface area contributed by atoms with E-state index in [1.807, 2.05) is 22.6 Å². The summed E-state index contributed by atoms with van der Waals surface area (Å²) in [5.41, 5.74) is 0.772. The first kappa shape index (κ1) is 14.4. The number of aliphatic hydroxyl groups is 3. The van der Waals surface area contributed by atoms with Crippen molar-refractivity contribution < 1.29 is 20.1 Å². The van der Waals surface area contributed by atoms with Gasteiger partial charge in [0.05, 0.1) is 12.9 Å². The van der Waals surface area contributed by atoms with Crippen molar-refractivity contribution in [2.45, 2.75) is 24.5 Å². The molecular weight excluding hydrogens is 402 g/mol. The largest absolute Gasteiger partial charge is 0.394 e. The van der Waals surface area contributed by atoms with Crippen molar-refractivity contribution in [1.82, 2.24) is 19.5 Å². The number of rotatable bonds is 2. The van der Waals surface area contributed by atoms with Crippen LogP contribution in [0.3, 0.4) is 0 Å². The number of hydrogen-bond donors (Lipinski definition) is 3. The van der Waals surface area contributed by atoms with E-state index in [0.29, 0.717) is 15.0 Å². The molecule has 0 saturated carbocycles. The number of imidazole rings is 1. The third-order valence-electron chi connectivity index (χ3n) is 3.14. The van der Waals surface area contributed by atoms with Crippen molar-refractivity contribution >= 4 is 45.4 Å².